The topological polar surface area (TPSA) is 76.5 Å². The first-order valence-electron chi connectivity index (χ1n) is 10.3. The summed E-state index contributed by atoms with van der Waals surface area (Å²) in [4.78, 5) is 30.1. The predicted octanol–water partition coefficient (Wildman–Crippen LogP) is 4.83. The minimum atomic E-state index is -0.499. The number of para-hydroxylation sites is 1. The van der Waals surface area contributed by atoms with Crippen molar-refractivity contribution in [2.75, 3.05) is 7.11 Å². The summed E-state index contributed by atoms with van der Waals surface area (Å²) < 4.78 is 19.4. The molecule has 4 aromatic rings. The van der Waals surface area contributed by atoms with Gasteiger partial charge < -0.3 is 4.74 Å². The van der Waals surface area contributed by atoms with Crippen LogP contribution in [0, 0.1) is 5.82 Å². The van der Waals surface area contributed by atoms with Gasteiger partial charge in [-0.05, 0) is 42.8 Å². The number of nitrogens with zero attached hydrogens (tertiary/aromatic N) is 2. The van der Waals surface area contributed by atoms with Gasteiger partial charge in [0.15, 0.2) is 0 Å². The maximum Gasteiger partial charge on any atom is 0.311 e. The molecule has 0 saturated heterocycles. The van der Waals surface area contributed by atoms with Crippen LogP contribution in [0.1, 0.15) is 18.2 Å². The van der Waals surface area contributed by atoms with Crippen molar-refractivity contribution < 1.29 is 13.9 Å². The summed E-state index contributed by atoms with van der Waals surface area (Å²) in [6, 6.07) is 23.0. The van der Waals surface area contributed by atoms with Crippen molar-refractivity contribution in [1.29, 1.82) is 0 Å². The number of carbonyl (C=O) groups excluding carboxylic acids is 1. The molecule has 0 aliphatic carbocycles. The SMILES string of the molecule is COC(=O)Cc1[nH]n(-c2ccc(F)cc2)c(=O)c1C(C)=Nc1ccccc1-c1ccccc1. The van der Waals surface area contributed by atoms with Gasteiger partial charge in [-0.3, -0.25) is 19.7 Å². The summed E-state index contributed by atoms with van der Waals surface area (Å²) in [7, 11) is 1.29. The summed E-state index contributed by atoms with van der Waals surface area (Å²) in [6.45, 7) is 1.72. The van der Waals surface area contributed by atoms with Gasteiger partial charge in [-0.15, -0.1) is 0 Å². The zero-order valence-electron chi connectivity index (χ0n) is 18.2. The number of aromatic amines is 1. The molecule has 1 aromatic heterocycles. The van der Waals surface area contributed by atoms with Crippen molar-refractivity contribution in [3.05, 3.63) is 106 Å². The van der Waals surface area contributed by atoms with Crippen LogP contribution in [-0.4, -0.2) is 28.6 Å². The number of methoxy groups -OCH3 is 1. The minimum absolute atomic E-state index is 0.136. The number of hydrogen-bond donors (Lipinski definition) is 1. The average Bonchev–Trinajstić information content (AvgIpc) is 3.16. The Morgan fingerprint density at radius 3 is 2.36 bits per heavy atom. The Morgan fingerprint density at radius 1 is 1.00 bits per heavy atom. The second-order valence-electron chi connectivity index (χ2n) is 7.42. The van der Waals surface area contributed by atoms with Crippen molar-refractivity contribution in [2.45, 2.75) is 13.3 Å². The smallest absolute Gasteiger partial charge is 0.311 e. The molecule has 6 nitrogen and oxygen atoms in total. The molecule has 0 fully saturated rings. The second kappa shape index (κ2) is 9.48. The van der Waals surface area contributed by atoms with Gasteiger partial charge in [0.25, 0.3) is 5.56 Å². The number of aliphatic imine (C=N–C) groups is 1. The normalized spacial score (nSPS) is 11.4. The Hall–Kier alpha value is -4.26. The molecule has 166 valence electrons. The Balaban J connectivity index is 1.84. The number of ether oxygens (including phenoxy) is 1. The molecule has 7 heteroatoms. The van der Waals surface area contributed by atoms with Crippen LogP contribution in [0.4, 0.5) is 10.1 Å². The second-order valence-corrected chi connectivity index (χ2v) is 7.42. The Kier molecular flexibility index (Phi) is 6.31. The van der Waals surface area contributed by atoms with E-state index < -0.39 is 11.8 Å². The molecule has 0 unspecified atom stereocenters. The lowest BCUT2D eigenvalue weighted by molar-refractivity contribution is -0.139. The average molecular weight is 443 g/mol. The highest BCUT2D eigenvalue weighted by Crippen LogP contribution is 2.30. The molecular formula is C26H22FN3O3. The zero-order valence-corrected chi connectivity index (χ0v) is 18.2. The summed E-state index contributed by atoms with van der Waals surface area (Å²) in [6.07, 6.45) is -0.136. The van der Waals surface area contributed by atoms with Crippen molar-refractivity contribution >= 4 is 17.4 Å². The number of benzene rings is 3. The summed E-state index contributed by atoms with van der Waals surface area (Å²) >= 11 is 0. The lowest BCUT2D eigenvalue weighted by Gasteiger charge is -2.07. The number of esters is 1. The highest BCUT2D eigenvalue weighted by molar-refractivity contribution is 6.02. The molecule has 33 heavy (non-hydrogen) atoms. The van der Waals surface area contributed by atoms with Gasteiger partial charge in [0.2, 0.25) is 0 Å². The molecule has 1 N–H and O–H groups in total. The number of hydrogen-bond acceptors (Lipinski definition) is 4. The van der Waals surface area contributed by atoms with E-state index in [4.69, 9.17) is 9.73 Å². The fourth-order valence-corrected chi connectivity index (χ4v) is 3.64. The fourth-order valence-electron chi connectivity index (χ4n) is 3.64. The van der Waals surface area contributed by atoms with Gasteiger partial charge >= 0.3 is 5.97 Å². The highest BCUT2D eigenvalue weighted by Gasteiger charge is 2.21. The Labute approximate surface area is 190 Å². The van der Waals surface area contributed by atoms with Crippen LogP contribution in [0.15, 0.2) is 88.6 Å². The van der Waals surface area contributed by atoms with Gasteiger partial charge in [-0.1, -0.05) is 48.5 Å². The van der Waals surface area contributed by atoms with Gasteiger partial charge in [-0.2, -0.15) is 0 Å². The van der Waals surface area contributed by atoms with Crippen molar-refractivity contribution in [3.8, 4) is 16.8 Å². The van der Waals surface area contributed by atoms with E-state index in [1.54, 1.807) is 6.92 Å². The van der Waals surface area contributed by atoms with Gasteiger partial charge in [0.1, 0.15) is 5.82 Å². The number of aromatic nitrogens is 2. The third kappa shape index (κ3) is 4.67. The van der Waals surface area contributed by atoms with E-state index in [1.807, 2.05) is 54.6 Å². The number of halogens is 1. The van der Waals surface area contributed by atoms with Gasteiger partial charge in [0, 0.05) is 5.56 Å². The number of rotatable bonds is 6. The van der Waals surface area contributed by atoms with Gasteiger partial charge in [0.05, 0.1) is 41.9 Å². The number of carbonyl (C=O) groups is 1. The first-order valence-corrected chi connectivity index (χ1v) is 10.3. The quantitative estimate of drug-likeness (QED) is 0.343. The molecule has 0 saturated carbocycles. The maximum absolute atomic E-state index is 13.4. The molecule has 0 bridgehead atoms. The van der Waals surface area contributed by atoms with Crippen molar-refractivity contribution in [3.63, 3.8) is 0 Å². The van der Waals surface area contributed by atoms with Crippen LogP contribution >= 0.6 is 0 Å². The molecule has 3 aromatic carbocycles. The summed E-state index contributed by atoms with van der Waals surface area (Å²) in [5.41, 5.74) is 3.74. The van der Waals surface area contributed by atoms with Crippen LogP contribution in [0.2, 0.25) is 0 Å². The molecule has 0 aliphatic heterocycles. The Bertz CT molecular complexity index is 1370. The van der Waals surface area contributed by atoms with Crippen LogP contribution in [-0.2, 0) is 16.0 Å². The van der Waals surface area contributed by atoms with E-state index >= 15 is 0 Å². The van der Waals surface area contributed by atoms with Crippen LogP contribution in [0.3, 0.4) is 0 Å². The van der Waals surface area contributed by atoms with E-state index in [-0.39, 0.29) is 17.5 Å². The molecule has 0 atom stereocenters. The van der Waals surface area contributed by atoms with E-state index in [9.17, 15) is 14.0 Å². The molecule has 0 amide bonds. The van der Waals surface area contributed by atoms with Gasteiger partial charge in [-0.25, -0.2) is 9.07 Å². The first-order chi connectivity index (χ1) is 16.0. The van der Waals surface area contributed by atoms with E-state index in [1.165, 1.54) is 36.1 Å². The molecule has 4 rings (SSSR count). The molecular weight excluding hydrogens is 421 g/mol. The standard InChI is InChI=1S/C26H22FN3O3/c1-17(28-22-11-7-6-10-21(22)18-8-4-3-5-9-18)25-23(16-24(31)33-2)29-30(26(25)32)20-14-12-19(27)13-15-20/h3-15,29H,16H2,1-2H3. The zero-order chi connectivity index (χ0) is 23.4. The Morgan fingerprint density at radius 2 is 1.67 bits per heavy atom. The van der Waals surface area contributed by atoms with Crippen LogP contribution in [0.5, 0.6) is 0 Å². The van der Waals surface area contributed by atoms with Crippen LogP contribution < -0.4 is 5.56 Å². The maximum atomic E-state index is 13.4. The molecule has 0 aliphatic rings. The lowest BCUT2D eigenvalue weighted by Crippen LogP contribution is -2.20. The van der Waals surface area contributed by atoms with Crippen LogP contribution in [0.25, 0.3) is 16.8 Å². The lowest BCUT2D eigenvalue weighted by atomic mass is 10.0. The number of H-pyrrole nitrogens is 1. The highest BCUT2D eigenvalue weighted by atomic mass is 19.1. The van der Waals surface area contributed by atoms with Crippen molar-refractivity contribution in [1.82, 2.24) is 9.78 Å². The van der Waals surface area contributed by atoms with Crippen molar-refractivity contribution in [2.24, 2.45) is 4.99 Å². The third-order valence-electron chi connectivity index (χ3n) is 5.24. The minimum Gasteiger partial charge on any atom is -0.469 e. The summed E-state index contributed by atoms with van der Waals surface area (Å²) in [5.74, 6) is -0.912. The predicted molar refractivity (Wildman–Crippen MR) is 126 cm³/mol. The van der Waals surface area contributed by atoms with E-state index in [2.05, 4.69) is 5.10 Å². The summed E-state index contributed by atoms with van der Waals surface area (Å²) in [5, 5.41) is 2.96. The number of nitrogens with one attached hydrogen (secondary N) is 1. The van der Waals surface area contributed by atoms with E-state index in [0.717, 1.165) is 11.1 Å². The molecule has 0 spiro atoms. The van der Waals surface area contributed by atoms with E-state index in [0.29, 0.717) is 22.8 Å². The fraction of sp³-hybridized carbons (Fsp3) is 0.115. The largest absolute Gasteiger partial charge is 0.469 e. The molecule has 0 radical (unpaired) electrons. The molecule has 1 heterocycles. The first kappa shape index (κ1) is 22.0. The monoisotopic (exact) mass is 443 g/mol. The third-order valence-corrected chi connectivity index (χ3v) is 5.24.